The van der Waals surface area contributed by atoms with Gasteiger partial charge in [-0.05, 0) is 43.4 Å². The lowest BCUT2D eigenvalue weighted by Gasteiger charge is -2.28. The van der Waals surface area contributed by atoms with E-state index in [0.29, 0.717) is 17.4 Å². The Labute approximate surface area is 119 Å². The number of carbonyl (C=O) groups excluding carboxylic acids is 1. The summed E-state index contributed by atoms with van der Waals surface area (Å²) in [5.74, 6) is 0.348. The maximum Gasteiger partial charge on any atom is 0.224 e. The molecule has 2 unspecified atom stereocenters. The zero-order valence-corrected chi connectivity index (χ0v) is 12.0. The Morgan fingerprint density at radius 3 is 2.89 bits per heavy atom. The highest BCUT2D eigenvalue weighted by atomic mass is 35.5. The number of nitrogens with one attached hydrogen (secondary N) is 1. The van der Waals surface area contributed by atoms with Gasteiger partial charge in [-0.2, -0.15) is 0 Å². The topological polar surface area (TPSA) is 55.1 Å². The van der Waals surface area contributed by atoms with Gasteiger partial charge < -0.3 is 11.1 Å². The summed E-state index contributed by atoms with van der Waals surface area (Å²) < 4.78 is 0. The van der Waals surface area contributed by atoms with Crippen LogP contribution < -0.4 is 11.1 Å². The van der Waals surface area contributed by atoms with Crippen LogP contribution in [0.5, 0.6) is 0 Å². The van der Waals surface area contributed by atoms with E-state index >= 15 is 0 Å². The van der Waals surface area contributed by atoms with Crippen molar-refractivity contribution in [2.45, 2.75) is 45.1 Å². The van der Waals surface area contributed by atoms with Gasteiger partial charge in [0.05, 0.1) is 0 Å². The molecule has 0 spiro atoms. The molecule has 0 radical (unpaired) electrons. The van der Waals surface area contributed by atoms with Crippen molar-refractivity contribution < 1.29 is 4.79 Å². The number of anilines is 1. The molecule has 0 bridgehead atoms. The summed E-state index contributed by atoms with van der Waals surface area (Å²) in [6, 6.07) is 5.71. The number of hydrogen-bond donors (Lipinski definition) is 2. The third-order valence-corrected chi connectivity index (χ3v) is 4.37. The van der Waals surface area contributed by atoms with Crippen molar-refractivity contribution in [3.8, 4) is 0 Å². The fourth-order valence-corrected chi connectivity index (χ4v) is 2.85. The summed E-state index contributed by atoms with van der Waals surface area (Å²) in [6.07, 6.45) is 4.97. The van der Waals surface area contributed by atoms with Crippen LogP contribution in [0.4, 0.5) is 5.69 Å². The average Bonchev–Trinajstić information content (AvgIpc) is 2.38. The van der Waals surface area contributed by atoms with Crippen molar-refractivity contribution in [1.29, 1.82) is 0 Å². The predicted molar refractivity (Wildman–Crippen MR) is 79.4 cm³/mol. The molecule has 1 aromatic rings. The van der Waals surface area contributed by atoms with Crippen LogP contribution in [0.2, 0.25) is 5.02 Å². The molecule has 4 heteroatoms. The zero-order chi connectivity index (χ0) is 13.8. The molecular formula is C15H21ClN2O. The molecule has 2 atom stereocenters. The summed E-state index contributed by atoms with van der Waals surface area (Å²) in [5.41, 5.74) is 7.77. The second kappa shape index (κ2) is 6.40. The smallest absolute Gasteiger partial charge is 0.224 e. The fraction of sp³-hybridized carbons (Fsp3) is 0.533. The van der Waals surface area contributed by atoms with E-state index in [0.717, 1.165) is 24.1 Å². The number of carbonyl (C=O) groups is 1. The first-order valence-electron chi connectivity index (χ1n) is 6.88. The second-order valence-electron chi connectivity index (χ2n) is 5.37. The van der Waals surface area contributed by atoms with Crippen molar-refractivity contribution >= 4 is 23.2 Å². The molecule has 1 aromatic carbocycles. The molecular weight excluding hydrogens is 260 g/mol. The van der Waals surface area contributed by atoms with E-state index < -0.39 is 0 Å². The van der Waals surface area contributed by atoms with Gasteiger partial charge in [0, 0.05) is 23.2 Å². The Bertz CT molecular complexity index is 461. The van der Waals surface area contributed by atoms with E-state index in [1.807, 2.05) is 25.1 Å². The molecule has 0 saturated heterocycles. The third-order valence-electron chi connectivity index (χ3n) is 3.96. The standard InChI is InChI=1S/C15H21ClN2O/c1-10-12(16)6-4-8-14(10)18-15(19)9-11-5-2-3-7-13(11)17/h4,6,8,11,13H,2-3,5,7,9,17H2,1H3,(H,18,19). The highest BCUT2D eigenvalue weighted by Gasteiger charge is 2.24. The predicted octanol–water partition coefficient (Wildman–Crippen LogP) is 3.49. The highest BCUT2D eigenvalue weighted by molar-refractivity contribution is 6.31. The summed E-state index contributed by atoms with van der Waals surface area (Å²) in [5, 5.41) is 3.61. The van der Waals surface area contributed by atoms with E-state index in [-0.39, 0.29) is 11.9 Å². The Balaban J connectivity index is 1.95. The van der Waals surface area contributed by atoms with Crippen molar-refractivity contribution in [2.24, 2.45) is 11.7 Å². The van der Waals surface area contributed by atoms with Crippen LogP contribution in [-0.4, -0.2) is 11.9 Å². The lowest BCUT2D eigenvalue weighted by molar-refractivity contribution is -0.117. The second-order valence-corrected chi connectivity index (χ2v) is 5.78. The summed E-state index contributed by atoms with van der Waals surface area (Å²) in [6.45, 7) is 1.91. The van der Waals surface area contributed by atoms with Crippen LogP contribution in [0.1, 0.15) is 37.7 Å². The van der Waals surface area contributed by atoms with Crippen LogP contribution in [0.3, 0.4) is 0 Å². The van der Waals surface area contributed by atoms with Crippen LogP contribution in [0, 0.1) is 12.8 Å². The van der Waals surface area contributed by atoms with E-state index in [2.05, 4.69) is 5.32 Å². The zero-order valence-electron chi connectivity index (χ0n) is 11.3. The van der Waals surface area contributed by atoms with E-state index in [4.69, 9.17) is 17.3 Å². The van der Waals surface area contributed by atoms with E-state index in [9.17, 15) is 4.79 Å². The average molecular weight is 281 g/mol. The maximum absolute atomic E-state index is 12.1. The first kappa shape index (κ1) is 14.4. The molecule has 1 saturated carbocycles. The number of nitrogens with two attached hydrogens (primary N) is 1. The SMILES string of the molecule is Cc1c(Cl)cccc1NC(=O)CC1CCCCC1N. The van der Waals surface area contributed by atoms with Gasteiger partial charge in [-0.25, -0.2) is 0 Å². The van der Waals surface area contributed by atoms with Gasteiger partial charge in [-0.15, -0.1) is 0 Å². The van der Waals surface area contributed by atoms with Crippen LogP contribution in [0.25, 0.3) is 0 Å². The maximum atomic E-state index is 12.1. The molecule has 0 aliphatic heterocycles. The van der Waals surface area contributed by atoms with Gasteiger partial charge in [0.25, 0.3) is 0 Å². The Morgan fingerprint density at radius 2 is 2.16 bits per heavy atom. The first-order valence-corrected chi connectivity index (χ1v) is 7.26. The van der Waals surface area contributed by atoms with Crippen molar-refractivity contribution in [1.82, 2.24) is 0 Å². The van der Waals surface area contributed by atoms with Crippen LogP contribution in [0.15, 0.2) is 18.2 Å². The minimum absolute atomic E-state index is 0.0349. The van der Waals surface area contributed by atoms with Gasteiger partial charge in [0.2, 0.25) is 5.91 Å². The Morgan fingerprint density at radius 1 is 1.42 bits per heavy atom. The minimum atomic E-state index is 0.0349. The molecule has 3 nitrogen and oxygen atoms in total. The molecule has 1 aliphatic rings. The van der Waals surface area contributed by atoms with Crippen LogP contribution in [-0.2, 0) is 4.79 Å². The molecule has 0 aromatic heterocycles. The monoisotopic (exact) mass is 280 g/mol. The van der Waals surface area contributed by atoms with Gasteiger partial charge in [0.1, 0.15) is 0 Å². The van der Waals surface area contributed by atoms with E-state index in [1.54, 1.807) is 0 Å². The third kappa shape index (κ3) is 3.71. The number of benzene rings is 1. The van der Waals surface area contributed by atoms with Gasteiger partial charge in [0.15, 0.2) is 0 Å². The van der Waals surface area contributed by atoms with Crippen molar-refractivity contribution in [3.05, 3.63) is 28.8 Å². The van der Waals surface area contributed by atoms with Crippen molar-refractivity contribution in [3.63, 3.8) is 0 Å². The molecule has 1 amide bonds. The van der Waals surface area contributed by atoms with Gasteiger partial charge in [-0.3, -0.25) is 4.79 Å². The van der Waals surface area contributed by atoms with E-state index in [1.165, 1.54) is 12.8 Å². The highest BCUT2D eigenvalue weighted by Crippen LogP contribution is 2.27. The first-order chi connectivity index (χ1) is 9.08. The van der Waals surface area contributed by atoms with Gasteiger partial charge in [-0.1, -0.05) is 30.5 Å². The van der Waals surface area contributed by atoms with Gasteiger partial charge >= 0.3 is 0 Å². The number of rotatable bonds is 3. The van der Waals surface area contributed by atoms with Crippen molar-refractivity contribution in [2.75, 3.05) is 5.32 Å². The molecule has 1 fully saturated rings. The number of amides is 1. The number of halogens is 1. The Hall–Kier alpha value is -1.06. The molecule has 1 aliphatic carbocycles. The summed E-state index contributed by atoms with van der Waals surface area (Å²) >= 11 is 6.04. The quantitative estimate of drug-likeness (QED) is 0.890. The number of hydrogen-bond acceptors (Lipinski definition) is 2. The molecule has 19 heavy (non-hydrogen) atoms. The lowest BCUT2D eigenvalue weighted by atomic mass is 9.83. The summed E-state index contributed by atoms with van der Waals surface area (Å²) in [7, 11) is 0. The fourth-order valence-electron chi connectivity index (χ4n) is 2.67. The summed E-state index contributed by atoms with van der Waals surface area (Å²) in [4.78, 5) is 12.1. The normalized spacial score (nSPS) is 23.1. The molecule has 3 N–H and O–H groups in total. The Kier molecular flexibility index (Phi) is 4.83. The molecule has 0 heterocycles. The minimum Gasteiger partial charge on any atom is -0.327 e. The van der Waals surface area contributed by atoms with Crippen LogP contribution >= 0.6 is 11.6 Å². The molecule has 104 valence electrons. The largest absolute Gasteiger partial charge is 0.327 e. The lowest BCUT2D eigenvalue weighted by Crippen LogP contribution is -2.35. The molecule has 2 rings (SSSR count).